The predicted molar refractivity (Wildman–Crippen MR) is 85.3 cm³/mol. The standard InChI is InChI=1S/C16H14BrN3/c17-14-7-5-12(6-8-14)16-19-9-10-20(16)11-13-3-1-2-4-15(13)18/h1-10H,11,18H2. The third-order valence-electron chi connectivity index (χ3n) is 3.21. The quantitative estimate of drug-likeness (QED) is 0.740. The monoisotopic (exact) mass is 327 g/mol. The average molecular weight is 328 g/mol. The molecule has 0 spiro atoms. The van der Waals surface area contributed by atoms with Crippen molar-refractivity contribution in [2.45, 2.75) is 6.54 Å². The summed E-state index contributed by atoms with van der Waals surface area (Å²) in [6, 6.07) is 16.1. The Balaban J connectivity index is 1.95. The summed E-state index contributed by atoms with van der Waals surface area (Å²) in [6.07, 6.45) is 3.79. The van der Waals surface area contributed by atoms with Crippen LogP contribution in [-0.2, 0) is 6.54 Å². The first-order valence-electron chi connectivity index (χ1n) is 6.34. The van der Waals surface area contributed by atoms with Crippen LogP contribution in [0.15, 0.2) is 65.4 Å². The second-order valence-corrected chi connectivity index (χ2v) is 5.50. The number of nitrogen functional groups attached to an aromatic ring is 1. The van der Waals surface area contributed by atoms with Crippen molar-refractivity contribution in [3.05, 3.63) is 71.0 Å². The molecule has 0 radical (unpaired) electrons. The van der Waals surface area contributed by atoms with E-state index in [1.54, 1.807) is 0 Å². The van der Waals surface area contributed by atoms with E-state index in [2.05, 4.69) is 37.6 Å². The minimum Gasteiger partial charge on any atom is -0.398 e. The molecule has 0 aliphatic heterocycles. The van der Waals surface area contributed by atoms with Crippen LogP contribution in [0.5, 0.6) is 0 Å². The molecule has 3 rings (SSSR count). The summed E-state index contributed by atoms with van der Waals surface area (Å²) in [7, 11) is 0. The molecule has 2 N–H and O–H groups in total. The van der Waals surface area contributed by atoms with Crippen LogP contribution in [0.3, 0.4) is 0 Å². The van der Waals surface area contributed by atoms with Gasteiger partial charge in [-0.15, -0.1) is 0 Å². The molecule has 1 heterocycles. The fraction of sp³-hybridized carbons (Fsp3) is 0.0625. The maximum atomic E-state index is 6.01. The molecule has 3 aromatic rings. The lowest BCUT2D eigenvalue weighted by Gasteiger charge is -2.10. The van der Waals surface area contributed by atoms with Crippen LogP contribution in [0.4, 0.5) is 5.69 Å². The average Bonchev–Trinajstić information content (AvgIpc) is 2.90. The molecule has 0 amide bonds. The molecule has 3 nitrogen and oxygen atoms in total. The molecule has 4 heteroatoms. The van der Waals surface area contributed by atoms with Gasteiger partial charge in [0.25, 0.3) is 0 Å². The summed E-state index contributed by atoms with van der Waals surface area (Å²) in [5, 5.41) is 0. The lowest BCUT2D eigenvalue weighted by molar-refractivity contribution is 0.809. The van der Waals surface area contributed by atoms with Crippen LogP contribution in [0, 0.1) is 0 Å². The number of aromatic nitrogens is 2. The van der Waals surface area contributed by atoms with Crippen molar-refractivity contribution in [2.24, 2.45) is 0 Å². The largest absolute Gasteiger partial charge is 0.398 e. The van der Waals surface area contributed by atoms with Gasteiger partial charge in [0.2, 0.25) is 0 Å². The van der Waals surface area contributed by atoms with E-state index >= 15 is 0 Å². The van der Waals surface area contributed by atoms with Crippen molar-refractivity contribution < 1.29 is 0 Å². The van der Waals surface area contributed by atoms with Crippen molar-refractivity contribution in [2.75, 3.05) is 5.73 Å². The summed E-state index contributed by atoms with van der Waals surface area (Å²) in [6.45, 7) is 0.720. The van der Waals surface area contributed by atoms with E-state index in [4.69, 9.17) is 5.73 Å². The zero-order valence-corrected chi connectivity index (χ0v) is 12.4. The van der Waals surface area contributed by atoms with Gasteiger partial charge < -0.3 is 10.3 Å². The number of halogens is 1. The van der Waals surface area contributed by atoms with Gasteiger partial charge in [0.1, 0.15) is 5.82 Å². The van der Waals surface area contributed by atoms with E-state index in [9.17, 15) is 0 Å². The highest BCUT2D eigenvalue weighted by molar-refractivity contribution is 9.10. The molecule has 1 aromatic heterocycles. The van der Waals surface area contributed by atoms with Crippen molar-refractivity contribution >= 4 is 21.6 Å². The number of hydrogen-bond donors (Lipinski definition) is 1. The van der Waals surface area contributed by atoms with Gasteiger partial charge in [-0.05, 0) is 23.8 Å². The van der Waals surface area contributed by atoms with Crippen LogP contribution in [0.25, 0.3) is 11.4 Å². The lowest BCUT2D eigenvalue weighted by Crippen LogP contribution is -2.03. The van der Waals surface area contributed by atoms with E-state index in [0.29, 0.717) is 0 Å². The van der Waals surface area contributed by atoms with E-state index in [1.165, 1.54) is 0 Å². The number of anilines is 1. The highest BCUT2D eigenvalue weighted by atomic mass is 79.9. The number of nitrogens with two attached hydrogens (primary N) is 1. The molecule has 20 heavy (non-hydrogen) atoms. The third kappa shape index (κ3) is 2.60. The topological polar surface area (TPSA) is 43.8 Å². The normalized spacial score (nSPS) is 10.7. The zero-order chi connectivity index (χ0) is 13.9. The molecule has 100 valence electrons. The van der Waals surface area contributed by atoms with Crippen LogP contribution >= 0.6 is 15.9 Å². The van der Waals surface area contributed by atoms with Gasteiger partial charge in [-0.2, -0.15) is 0 Å². The van der Waals surface area contributed by atoms with Gasteiger partial charge in [0.15, 0.2) is 0 Å². The molecule has 0 saturated heterocycles. The van der Waals surface area contributed by atoms with Crippen LogP contribution in [0.1, 0.15) is 5.56 Å². The SMILES string of the molecule is Nc1ccccc1Cn1ccnc1-c1ccc(Br)cc1. The fourth-order valence-electron chi connectivity index (χ4n) is 2.16. The highest BCUT2D eigenvalue weighted by Crippen LogP contribution is 2.22. The van der Waals surface area contributed by atoms with Crippen LogP contribution in [0.2, 0.25) is 0 Å². The first-order valence-corrected chi connectivity index (χ1v) is 7.14. The molecule has 0 bridgehead atoms. The zero-order valence-electron chi connectivity index (χ0n) is 10.8. The highest BCUT2D eigenvalue weighted by Gasteiger charge is 2.07. The Morgan fingerprint density at radius 1 is 1.05 bits per heavy atom. The van der Waals surface area contributed by atoms with Gasteiger partial charge in [-0.3, -0.25) is 0 Å². The molecule has 0 atom stereocenters. The number of hydrogen-bond acceptors (Lipinski definition) is 2. The summed E-state index contributed by atoms with van der Waals surface area (Å²) in [5.41, 5.74) is 9.01. The molecule has 0 fully saturated rings. The van der Waals surface area contributed by atoms with Gasteiger partial charge in [-0.1, -0.05) is 46.3 Å². The van der Waals surface area contributed by atoms with Crippen LogP contribution in [-0.4, -0.2) is 9.55 Å². The number of para-hydroxylation sites is 1. The van der Waals surface area contributed by atoms with E-state index in [-0.39, 0.29) is 0 Å². The fourth-order valence-corrected chi connectivity index (χ4v) is 2.42. The minimum atomic E-state index is 0.720. The maximum Gasteiger partial charge on any atom is 0.140 e. The Bertz CT molecular complexity index is 717. The van der Waals surface area contributed by atoms with Crippen LogP contribution < -0.4 is 5.73 Å². The van der Waals surface area contributed by atoms with E-state index in [0.717, 1.165) is 33.7 Å². The third-order valence-corrected chi connectivity index (χ3v) is 3.74. The first kappa shape index (κ1) is 12.9. The maximum absolute atomic E-state index is 6.01. The Kier molecular flexibility index (Phi) is 3.56. The lowest BCUT2D eigenvalue weighted by atomic mass is 10.1. The number of benzene rings is 2. The molecule has 0 unspecified atom stereocenters. The second kappa shape index (κ2) is 5.51. The first-order chi connectivity index (χ1) is 9.74. The van der Waals surface area contributed by atoms with Gasteiger partial charge in [-0.25, -0.2) is 4.98 Å². The second-order valence-electron chi connectivity index (χ2n) is 4.58. The molecule has 2 aromatic carbocycles. The minimum absolute atomic E-state index is 0.720. The Morgan fingerprint density at radius 3 is 2.55 bits per heavy atom. The predicted octanol–water partition coefficient (Wildman–Crippen LogP) is 3.94. The number of rotatable bonds is 3. The molecule has 0 aliphatic carbocycles. The summed E-state index contributed by atoms with van der Waals surface area (Å²) in [5.74, 6) is 0.945. The number of nitrogens with zero attached hydrogens (tertiary/aromatic N) is 2. The van der Waals surface area contributed by atoms with E-state index < -0.39 is 0 Å². The molecular formula is C16H14BrN3. The van der Waals surface area contributed by atoms with Crippen molar-refractivity contribution in [3.8, 4) is 11.4 Å². The van der Waals surface area contributed by atoms with Gasteiger partial charge >= 0.3 is 0 Å². The van der Waals surface area contributed by atoms with Gasteiger partial charge in [0.05, 0.1) is 6.54 Å². The Hall–Kier alpha value is -2.07. The molecule has 0 aliphatic rings. The van der Waals surface area contributed by atoms with Crippen molar-refractivity contribution in [1.82, 2.24) is 9.55 Å². The summed E-state index contributed by atoms with van der Waals surface area (Å²) in [4.78, 5) is 4.45. The Labute approximate surface area is 126 Å². The van der Waals surface area contributed by atoms with Gasteiger partial charge in [0, 0.05) is 28.1 Å². The van der Waals surface area contributed by atoms with Crippen molar-refractivity contribution in [3.63, 3.8) is 0 Å². The van der Waals surface area contributed by atoms with Crippen molar-refractivity contribution in [1.29, 1.82) is 0 Å². The summed E-state index contributed by atoms with van der Waals surface area (Å²) < 4.78 is 3.17. The van der Waals surface area contributed by atoms with E-state index in [1.807, 2.05) is 48.8 Å². The Morgan fingerprint density at radius 2 is 1.80 bits per heavy atom. The molecule has 0 saturated carbocycles. The molecular weight excluding hydrogens is 314 g/mol. The number of imidazole rings is 1. The smallest absolute Gasteiger partial charge is 0.140 e. The summed E-state index contributed by atoms with van der Waals surface area (Å²) >= 11 is 3.45.